The molecule has 0 bridgehead atoms. The highest BCUT2D eigenvalue weighted by Crippen LogP contribution is 2.25. The Morgan fingerprint density at radius 2 is 1.80 bits per heavy atom. The maximum absolute atomic E-state index is 12.4. The number of benzene rings is 1. The molecule has 7 heteroatoms. The number of nitrogens with one attached hydrogen (secondary N) is 1. The maximum atomic E-state index is 12.4. The van der Waals surface area contributed by atoms with Crippen molar-refractivity contribution in [2.75, 3.05) is 19.6 Å². The number of aliphatic carboxylic acids is 1. The number of urea groups is 1. The lowest BCUT2D eigenvalue weighted by Crippen LogP contribution is -2.57. The summed E-state index contributed by atoms with van der Waals surface area (Å²) in [6.07, 6.45) is 4.37. The second-order valence-corrected chi connectivity index (χ2v) is 6.58. The fraction of sp³-hybridized carbons (Fsp3) is 0.500. The first-order valence-electron chi connectivity index (χ1n) is 8.69. The Labute approximate surface area is 146 Å². The molecule has 1 aromatic carbocycles. The summed E-state index contributed by atoms with van der Waals surface area (Å²) in [6, 6.07) is 7.19. The predicted molar refractivity (Wildman–Crippen MR) is 90.9 cm³/mol. The van der Waals surface area contributed by atoms with Gasteiger partial charge in [-0.05, 0) is 18.4 Å². The van der Waals surface area contributed by atoms with E-state index in [0.717, 1.165) is 25.7 Å². The first-order valence-corrected chi connectivity index (χ1v) is 8.69. The number of carboxylic acids is 1. The van der Waals surface area contributed by atoms with E-state index >= 15 is 0 Å². The molecule has 1 atom stereocenters. The van der Waals surface area contributed by atoms with Crippen LogP contribution in [0.2, 0.25) is 0 Å². The molecule has 134 valence electrons. The van der Waals surface area contributed by atoms with Crippen molar-refractivity contribution in [2.45, 2.75) is 37.8 Å². The van der Waals surface area contributed by atoms with Crippen LogP contribution in [-0.4, -0.2) is 58.5 Å². The van der Waals surface area contributed by atoms with Crippen molar-refractivity contribution in [3.63, 3.8) is 0 Å². The first-order chi connectivity index (χ1) is 12.1. The molecule has 0 aromatic heterocycles. The molecular weight excluding hydrogens is 322 g/mol. The van der Waals surface area contributed by atoms with Gasteiger partial charge in [-0.1, -0.05) is 43.2 Å². The summed E-state index contributed by atoms with van der Waals surface area (Å²) in [5.74, 6) is -1.18. The lowest BCUT2D eigenvalue weighted by atomic mass is 10.1. The number of nitrogens with zero attached hydrogens (tertiary/aromatic N) is 2. The number of amides is 3. The summed E-state index contributed by atoms with van der Waals surface area (Å²) in [4.78, 5) is 39.6. The third kappa shape index (κ3) is 3.92. The van der Waals surface area contributed by atoms with Crippen LogP contribution in [0.5, 0.6) is 0 Å². The van der Waals surface area contributed by atoms with Crippen LogP contribution in [0.4, 0.5) is 4.79 Å². The van der Waals surface area contributed by atoms with E-state index in [4.69, 9.17) is 0 Å². The minimum atomic E-state index is -1.13. The molecule has 0 spiro atoms. The van der Waals surface area contributed by atoms with E-state index in [-0.39, 0.29) is 12.5 Å². The van der Waals surface area contributed by atoms with Crippen molar-refractivity contribution < 1.29 is 19.5 Å². The Kier molecular flexibility index (Phi) is 5.21. The van der Waals surface area contributed by atoms with Gasteiger partial charge in [0.05, 0.1) is 0 Å². The minimum absolute atomic E-state index is 0.00343. The van der Waals surface area contributed by atoms with Crippen LogP contribution in [0.1, 0.15) is 37.3 Å². The Bertz CT molecular complexity index is 643. The monoisotopic (exact) mass is 345 g/mol. The van der Waals surface area contributed by atoms with Crippen molar-refractivity contribution in [2.24, 2.45) is 0 Å². The Morgan fingerprint density at radius 3 is 2.40 bits per heavy atom. The van der Waals surface area contributed by atoms with Crippen LogP contribution >= 0.6 is 0 Å². The largest absolute Gasteiger partial charge is 0.479 e. The van der Waals surface area contributed by atoms with Crippen molar-refractivity contribution in [3.05, 3.63) is 35.9 Å². The summed E-state index contributed by atoms with van der Waals surface area (Å²) < 4.78 is 0. The SMILES string of the molecule is O=C(O)C(NC(=O)N1CCN(C2CCCC2)C(=O)C1)c1ccccc1. The number of carbonyl (C=O) groups is 3. The molecule has 0 radical (unpaired) electrons. The summed E-state index contributed by atoms with van der Waals surface area (Å²) in [6.45, 7) is 0.943. The third-order valence-corrected chi connectivity index (χ3v) is 4.96. The lowest BCUT2D eigenvalue weighted by molar-refractivity contribution is -0.139. The molecule has 1 saturated heterocycles. The molecule has 7 nitrogen and oxygen atoms in total. The Balaban J connectivity index is 1.61. The van der Waals surface area contributed by atoms with E-state index in [0.29, 0.717) is 24.7 Å². The van der Waals surface area contributed by atoms with E-state index in [1.165, 1.54) is 4.90 Å². The number of hydrogen-bond acceptors (Lipinski definition) is 3. The molecular formula is C18H23N3O4. The van der Waals surface area contributed by atoms with Crippen LogP contribution in [0.15, 0.2) is 30.3 Å². The molecule has 1 aromatic rings. The van der Waals surface area contributed by atoms with Gasteiger partial charge in [-0.3, -0.25) is 4.79 Å². The quantitative estimate of drug-likeness (QED) is 0.867. The summed E-state index contributed by atoms with van der Waals surface area (Å²) in [7, 11) is 0. The summed E-state index contributed by atoms with van der Waals surface area (Å²) >= 11 is 0. The molecule has 1 aliphatic heterocycles. The highest BCUT2D eigenvalue weighted by atomic mass is 16.4. The van der Waals surface area contributed by atoms with Gasteiger partial charge < -0.3 is 20.2 Å². The fourth-order valence-electron chi connectivity index (χ4n) is 3.61. The zero-order chi connectivity index (χ0) is 17.8. The van der Waals surface area contributed by atoms with E-state index in [1.54, 1.807) is 30.3 Å². The molecule has 1 saturated carbocycles. The number of rotatable bonds is 4. The molecule has 1 unspecified atom stereocenters. The minimum Gasteiger partial charge on any atom is -0.479 e. The van der Waals surface area contributed by atoms with Gasteiger partial charge in [-0.15, -0.1) is 0 Å². The zero-order valence-electron chi connectivity index (χ0n) is 14.1. The van der Waals surface area contributed by atoms with E-state index in [2.05, 4.69) is 5.32 Å². The molecule has 1 heterocycles. The first kappa shape index (κ1) is 17.3. The van der Waals surface area contributed by atoms with Crippen LogP contribution < -0.4 is 5.32 Å². The molecule has 1 aliphatic carbocycles. The average Bonchev–Trinajstić information content (AvgIpc) is 3.14. The number of carbonyl (C=O) groups excluding carboxylic acids is 2. The van der Waals surface area contributed by atoms with Gasteiger partial charge in [-0.25, -0.2) is 9.59 Å². The summed E-state index contributed by atoms with van der Waals surface area (Å²) in [5, 5.41) is 11.9. The normalized spacial score (nSPS) is 19.8. The Morgan fingerprint density at radius 1 is 1.12 bits per heavy atom. The number of carboxylic acid groups (broad SMARTS) is 1. The fourth-order valence-corrected chi connectivity index (χ4v) is 3.61. The lowest BCUT2D eigenvalue weighted by Gasteiger charge is -2.38. The Hall–Kier alpha value is -2.57. The topological polar surface area (TPSA) is 89.9 Å². The van der Waals surface area contributed by atoms with E-state index < -0.39 is 18.0 Å². The van der Waals surface area contributed by atoms with Gasteiger partial charge in [0.15, 0.2) is 6.04 Å². The highest BCUT2D eigenvalue weighted by molar-refractivity contribution is 5.88. The summed E-state index contributed by atoms with van der Waals surface area (Å²) in [5.41, 5.74) is 0.499. The smallest absolute Gasteiger partial charge is 0.330 e. The predicted octanol–water partition coefficient (Wildman–Crippen LogP) is 1.61. The van der Waals surface area contributed by atoms with Crippen molar-refractivity contribution >= 4 is 17.9 Å². The van der Waals surface area contributed by atoms with Crippen molar-refractivity contribution in [3.8, 4) is 0 Å². The van der Waals surface area contributed by atoms with Crippen LogP contribution in [0.25, 0.3) is 0 Å². The molecule has 25 heavy (non-hydrogen) atoms. The maximum Gasteiger partial charge on any atom is 0.330 e. The second-order valence-electron chi connectivity index (χ2n) is 6.58. The van der Waals surface area contributed by atoms with Gasteiger partial charge in [-0.2, -0.15) is 0 Å². The van der Waals surface area contributed by atoms with Gasteiger partial charge >= 0.3 is 12.0 Å². The van der Waals surface area contributed by atoms with Gasteiger partial charge in [0.25, 0.3) is 0 Å². The molecule has 3 amide bonds. The standard InChI is InChI=1S/C18H23N3O4/c22-15-12-20(10-11-21(15)14-8-4-5-9-14)18(25)19-16(17(23)24)13-6-2-1-3-7-13/h1-3,6-7,14,16H,4-5,8-12H2,(H,19,25)(H,23,24). The van der Waals surface area contributed by atoms with E-state index in [1.807, 2.05) is 4.90 Å². The molecule has 2 N–H and O–H groups in total. The number of piperazine rings is 1. The van der Waals surface area contributed by atoms with Crippen LogP contribution in [-0.2, 0) is 9.59 Å². The van der Waals surface area contributed by atoms with Crippen molar-refractivity contribution in [1.82, 2.24) is 15.1 Å². The van der Waals surface area contributed by atoms with Crippen LogP contribution in [0, 0.1) is 0 Å². The number of hydrogen-bond donors (Lipinski definition) is 2. The zero-order valence-corrected chi connectivity index (χ0v) is 14.1. The van der Waals surface area contributed by atoms with Crippen LogP contribution in [0.3, 0.4) is 0 Å². The van der Waals surface area contributed by atoms with Gasteiger partial charge in [0.1, 0.15) is 6.54 Å². The van der Waals surface area contributed by atoms with Gasteiger partial charge in [0, 0.05) is 19.1 Å². The van der Waals surface area contributed by atoms with Gasteiger partial charge in [0.2, 0.25) is 5.91 Å². The average molecular weight is 345 g/mol. The van der Waals surface area contributed by atoms with Crippen molar-refractivity contribution in [1.29, 1.82) is 0 Å². The molecule has 2 fully saturated rings. The molecule has 3 rings (SSSR count). The van der Waals surface area contributed by atoms with E-state index in [9.17, 15) is 19.5 Å². The molecule has 2 aliphatic rings. The third-order valence-electron chi connectivity index (χ3n) is 4.96. The highest BCUT2D eigenvalue weighted by Gasteiger charge is 2.34. The second kappa shape index (κ2) is 7.55.